The smallest absolute Gasteiger partial charge is 0.254 e. The van der Waals surface area contributed by atoms with Crippen LogP contribution in [0.25, 0.3) is 5.69 Å². The molecule has 1 fully saturated rings. The highest BCUT2D eigenvalue weighted by Crippen LogP contribution is 2.28. The number of hydrogen-bond donors (Lipinski definition) is 1. The number of likely N-dealkylation sites (tertiary alicyclic amines) is 1. The zero-order valence-electron chi connectivity index (χ0n) is 16.5. The van der Waals surface area contributed by atoms with Crippen LogP contribution in [0.5, 0.6) is 0 Å². The van der Waals surface area contributed by atoms with E-state index in [9.17, 15) is 9.18 Å². The number of carbonyl (C=O) groups excluding carboxylic acids is 1. The quantitative estimate of drug-likeness (QED) is 0.633. The lowest BCUT2D eigenvalue weighted by atomic mass is 10.1. The van der Waals surface area contributed by atoms with Crippen LogP contribution in [-0.4, -0.2) is 40.2 Å². The molecule has 1 aliphatic rings. The summed E-state index contributed by atoms with van der Waals surface area (Å²) in [5, 5.41) is 9.60. The third kappa shape index (κ3) is 4.26. The van der Waals surface area contributed by atoms with Crippen molar-refractivity contribution in [2.75, 3.05) is 19.6 Å². The molecule has 3 heterocycles. The van der Waals surface area contributed by atoms with E-state index in [2.05, 4.69) is 32.8 Å². The summed E-state index contributed by atoms with van der Waals surface area (Å²) in [6.07, 6.45) is 4.68. The van der Waals surface area contributed by atoms with Crippen LogP contribution in [0, 0.1) is 5.82 Å². The van der Waals surface area contributed by atoms with Gasteiger partial charge in [0.15, 0.2) is 0 Å². The topological polar surface area (TPSA) is 50.2 Å². The van der Waals surface area contributed by atoms with Gasteiger partial charge in [0.25, 0.3) is 5.91 Å². The van der Waals surface area contributed by atoms with Gasteiger partial charge in [-0.3, -0.25) is 9.69 Å². The number of nitrogens with one attached hydrogen (secondary N) is 1. The minimum atomic E-state index is -0.293. The number of rotatable bonds is 7. The molecule has 0 unspecified atom stereocenters. The van der Waals surface area contributed by atoms with Crippen molar-refractivity contribution in [2.24, 2.45) is 0 Å². The summed E-state index contributed by atoms with van der Waals surface area (Å²) >= 11 is 1.74. The highest BCUT2D eigenvalue weighted by atomic mass is 32.1. The second-order valence-electron chi connectivity index (χ2n) is 7.23. The van der Waals surface area contributed by atoms with Gasteiger partial charge in [0, 0.05) is 11.4 Å². The number of thiophene rings is 1. The highest BCUT2D eigenvalue weighted by Gasteiger charge is 2.25. The number of halogens is 1. The molecule has 29 heavy (non-hydrogen) atoms. The van der Waals surface area contributed by atoms with Gasteiger partial charge >= 0.3 is 0 Å². The van der Waals surface area contributed by atoms with E-state index in [4.69, 9.17) is 0 Å². The Morgan fingerprint density at radius 1 is 1.24 bits per heavy atom. The van der Waals surface area contributed by atoms with E-state index < -0.39 is 0 Å². The predicted molar refractivity (Wildman–Crippen MR) is 113 cm³/mol. The molecule has 0 saturated carbocycles. The highest BCUT2D eigenvalue weighted by molar-refractivity contribution is 7.10. The molecule has 1 N–H and O–H groups in total. The zero-order valence-corrected chi connectivity index (χ0v) is 17.3. The Morgan fingerprint density at radius 2 is 2.00 bits per heavy atom. The molecule has 1 atom stereocenters. The van der Waals surface area contributed by atoms with Gasteiger partial charge < -0.3 is 5.32 Å². The molecular weight excluding hydrogens is 387 g/mol. The molecule has 5 nitrogen and oxygen atoms in total. The van der Waals surface area contributed by atoms with E-state index >= 15 is 0 Å². The van der Waals surface area contributed by atoms with Crippen molar-refractivity contribution in [1.82, 2.24) is 20.0 Å². The molecule has 4 rings (SSSR count). The SMILES string of the molecule is CCc1c(C(=O)NC[C@@H](c2cccs2)N2CCCC2)cnn1-c1ccc(F)cc1. The first-order valence-electron chi connectivity index (χ1n) is 10.1. The standard InChI is InChI=1S/C22H25FN4OS/c1-2-19-18(14-25-27(19)17-9-7-16(23)8-10-17)22(28)24-15-20(21-6-5-13-29-21)26-11-3-4-12-26/h5-10,13-14,20H,2-4,11-12,15H2,1H3,(H,24,28)/t20-/m0/s1. The lowest BCUT2D eigenvalue weighted by Crippen LogP contribution is -2.36. The molecule has 1 saturated heterocycles. The zero-order chi connectivity index (χ0) is 20.2. The summed E-state index contributed by atoms with van der Waals surface area (Å²) in [6.45, 7) is 4.71. The molecule has 7 heteroatoms. The van der Waals surface area contributed by atoms with Crippen LogP contribution in [0.1, 0.15) is 46.7 Å². The Kier molecular flexibility index (Phi) is 6.06. The van der Waals surface area contributed by atoms with Crippen molar-refractivity contribution in [1.29, 1.82) is 0 Å². The maximum atomic E-state index is 13.2. The Labute approximate surface area is 174 Å². The molecular formula is C22H25FN4OS. The van der Waals surface area contributed by atoms with Crippen LogP contribution < -0.4 is 5.32 Å². The molecule has 3 aromatic rings. The van der Waals surface area contributed by atoms with Gasteiger partial charge in [-0.15, -0.1) is 11.3 Å². The van der Waals surface area contributed by atoms with Gasteiger partial charge in [-0.25, -0.2) is 9.07 Å². The maximum absolute atomic E-state index is 13.2. The van der Waals surface area contributed by atoms with E-state index in [1.54, 1.807) is 34.3 Å². The number of amides is 1. The van der Waals surface area contributed by atoms with Gasteiger partial charge in [0.05, 0.1) is 29.2 Å². The predicted octanol–water partition coefficient (Wildman–Crippen LogP) is 4.20. The lowest BCUT2D eigenvalue weighted by Gasteiger charge is -2.26. The number of carbonyl (C=O) groups is 1. The normalized spacial score (nSPS) is 15.5. The fraction of sp³-hybridized carbons (Fsp3) is 0.364. The summed E-state index contributed by atoms with van der Waals surface area (Å²) < 4.78 is 15.0. The molecule has 1 aromatic carbocycles. The van der Waals surface area contributed by atoms with Crippen LogP contribution in [0.3, 0.4) is 0 Å². The molecule has 0 radical (unpaired) electrons. The van der Waals surface area contributed by atoms with E-state index in [1.807, 2.05) is 6.92 Å². The summed E-state index contributed by atoms with van der Waals surface area (Å²) in [4.78, 5) is 16.7. The average Bonchev–Trinajstić information content (AvgIpc) is 3.50. The third-order valence-corrected chi connectivity index (χ3v) is 6.40. The van der Waals surface area contributed by atoms with Crippen molar-refractivity contribution in [3.63, 3.8) is 0 Å². The van der Waals surface area contributed by atoms with Gasteiger partial charge in [-0.05, 0) is 68.1 Å². The van der Waals surface area contributed by atoms with Crippen molar-refractivity contribution in [2.45, 2.75) is 32.2 Å². The summed E-state index contributed by atoms with van der Waals surface area (Å²) in [7, 11) is 0. The average molecular weight is 413 g/mol. The van der Waals surface area contributed by atoms with Crippen LogP contribution >= 0.6 is 11.3 Å². The maximum Gasteiger partial charge on any atom is 0.254 e. The van der Waals surface area contributed by atoms with Crippen LogP contribution in [0.15, 0.2) is 48.0 Å². The first-order valence-corrected chi connectivity index (χ1v) is 10.9. The van der Waals surface area contributed by atoms with Crippen molar-refractivity contribution in [3.8, 4) is 5.69 Å². The molecule has 152 valence electrons. The van der Waals surface area contributed by atoms with Crippen LogP contribution in [0.4, 0.5) is 4.39 Å². The van der Waals surface area contributed by atoms with Crippen molar-refractivity contribution < 1.29 is 9.18 Å². The van der Waals surface area contributed by atoms with E-state index in [-0.39, 0.29) is 17.8 Å². The number of nitrogens with zero attached hydrogens (tertiary/aromatic N) is 3. The Hall–Kier alpha value is -2.51. The first-order chi connectivity index (χ1) is 14.2. The molecule has 0 spiro atoms. The Balaban J connectivity index is 1.51. The number of aromatic nitrogens is 2. The fourth-order valence-electron chi connectivity index (χ4n) is 3.94. The van der Waals surface area contributed by atoms with Crippen LogP contribution in [0.2, 0.25) is 0 Å². The largest absolute Gasteiger partial charge is 0.350 e. The van der Waals surface area contributed by atoms with Gasteiger partial charge in [-0.2, -0.15) is 5.10 Å². The lowest BCUT2D eigenvalue weighted by molar-refractivity contribution is 0.0937. The summed E-state index contributed by atoms with van der Waals surface area (Å²) in [5.41, 5.74) is 2.14. The second kappa shape index (κ2) is 8.88. The molecule has 1 aliphatic heterocycles. The van der Waals surface area contributed by atoms with E-state index in [1.165, 1.54) is 29.9 Å². The fourth-order valence-corrected chi connectivity index (χ4v) is 4.80. The molecule has 0 aliphatic carbocycles. The van der Waals surface area contributed by atoms with Crippen molar-refractivity contribution in [3.05, 3.63) is 69.9 Å². The molecule has 2 aromatic heterocycles. The van der Waals surface area contributed by atoms with Gasteiger partial charge in [0.1, 0.15) is 5.82 Å². The van der Waals surface area contributed by atoms with E-state index in [0.29, 0.717) is 18.5 Å². The first kappa shape index (κ1) is 19.8. The number of hydrogen-bond acceptors (Lipinski definition) is 4. The summed E-state index contributed by atoms with van der Waals surface area (Å²) in [5.74, 6) is -0.408. The van der Waals surface area contributed by atoms with Gasteiger partial charge in [0.2, 0.25) is 0 Å². The molecule has 0 bridgehead atoms. The minimum Gasteiger partial charge on any atom is -0.350 e. The molecule has 1 amide bonds. The summed E-state index contributed by atoms with van der Waals surface area (Å²) in [6, 6.07) is 10.6. The minimum absolute atomic E-state index is 0.115. The monoisotopic (exact) mass is 412 g/mol. The second-order valence-corrected chi connectivity index (χ2v) is 8.21. The Morgan fingerprint density at radius 3 is 2.66 bits per heavy atom. The number of benzene rings is 1. The van der Waals surface area contributed by atoms with Crippen LogP contribution in [-0.2, 0) is 6.42 Å². The third-order valence-electron chi connectivity index (χ3n) is 5.43. The van der Waals surface area contributed by atoms with Crippen molar-refractivity contribution >= 4 is 17.2 Å². The van der Waals surface area contributed by atoms with Gasteiger partial charge in [-0.1, -0.05) is 13.0 Å². The Bertz CT molecular complexity index is 946. The van der Waals surface area contributed by atoms with E-state index in [0.717, 1.165) is 24.5 Å².